The molecule has 104 valence electrons. The maximum atomic E-state index is 12.1. The van der Waals surface area contributed by atoms with Crippen molar-refractivity contribution in [3.63, 3.8) is 0 Å². The van der Waals surface area contributed by atoms with Crippen LogP contribution >= 0.6 is 0 Å². The van der Waals surface area contributed by atoms with E-state index in [2.05, 4.69) is 5.32 Å². The van der Waals surface area contributed by atoms with E-state index in [1.807, 2.05) is 13.0 Å². The Kier molecular flexibility index (Phi) is 4.33. The second-order valence-electron chi connectivity index (χ2n) is 4.29. The van der Waals surface area contributed by atoms with Gasteiger partial charge in [-0.05, 0) is 31.2 Å². The number of anilines is 1. The van der Waals surface area contributed by atoms with Gasteiger partial charge in [0.05, 0.1) is 37.4 Å². The molecule has 1 saturated heterocycles. The fourth-order valence-electron chi connectivity index (χ4n) is 2.09. The van der Waals surface area contributed by atoms with Crippen LogP contribution in [0.15, 0.2) is 24.3 Å². The number of hydrogen-bond acceptors (Lipinski definition) is 5. The number of ether oxygens (including phenoxy) is 1. The third-order valence-corrected chi connectivity index (χ3v) is 2.98. The molecule has 0 aromatic heterocycles. The predicted molar refractivity (Wildman–Crippen MR) is 72.1 cm³/mol. The van der Waals surface area contributed by atoms with Crippen LogP contribution in [0.3, 0.4) is 0 Å². The minimum atomic E-state index is -0.617. The summed E-state index contributed by atoms with van der Waals surface area (Å²) in [5.41, 5.74) is 0.518. The monoisotopic (exact) mass is 273 g/mol. The van der Waals surface area contributed by atoms with Gasteiger partial charge in [0.2, 0.25) is 5.91 Å². The standard InChI is InChI=1S/C14H15N3O3/c1-2-20-11-5-3-10(4-6-11)17-13(18)9-12(14(17)19)16-8-7-15/h3-6,12,16H,2,8-9H2,1H3/t12-/m0/s1. The first-order valence-corrected chi connectivity index (χ1v) is 6.37. The van der Waals surface area contributed by atoms with E-state index in [1.54, 1.807) is 24.3 Å². The first-order valence-electron chi connectivity index (χ1n) is 6.37. The normalized spacial score (nSPS) is 18.2. The van der Waals surface area contributed by atoms with Crippen LogP contribution in [-0.4, -0.2) is 31.0 Å². The van der Waals surface area contributed by atoms with E-state index >= 15 is 0 Å². The minimum absolute atomic E-state index is 0.0425. The van der Waals surface area contributed by atoms with E-state index in [1.165, 1.54) is 0 Å². The third-order valence-electron chi connectivity index (χ3n) is 2.98. The Bertz CT molecular complexity index is 548. The van der Waals surface area contributed by atoms with Gasteiger partial charge in [0.15, 0.2) is 0 Å². The lowest BCUT2D eigenvalue weighted by atomic mass is 10.2. The van der Waals surface area contributed by atoms with Crippen LogP contribution in [0.2, 0.25) is 0 Å². The van der Waals surface area contributed by atoms with Gasteiger partial charge < -0.3 is 4.74 Å². The largest absolute Gasteiger partial charge is 0.494 e. The number of carbonyl (C=O) groups excluding carboxylic acids is 2. The summed E-state index contributed by atoms with van der Waals surface area (Å²) in [4.78, 5) is 25.2. The zero-order valence-electron chi connectivity index (χ0n) is 11.1. The van der Waals surface area contributed by atoms with Crippen LogP contribution in [0, 0.1) is 11.3 Å². The second-order valence-corrected chi connectivity index (χ2v) is 4.29. The highest BCUT2D eigenvalue weighted by Crippen LogP contribution is 2.25. The van der Waals surface area contributed by atoms with Crippen LogP contribution in [0.4, 0.5) is 5.69 Å². The molecule has 6 nitrogen and oxygen atoms in total. The third kappa shape index (κ3) is 2.78. The van der Waals surface area contributed by atoms with Crippen molar-refractivity contribution < 1.29 is 14.3 Å². The van der Waals surface area contributed by atoms with Crippen molar-refractivity contribution in [1.29, 1.82) is 5.26 Å². The summed E-state index contributed by atoms with van der Waals surface area (Å²) in [7, 11) is 0. The van der Waals surface area contributed by atoms with Crippen molar-refractivity contribution in [1.82, 2.24) is 5.32 Å². The van der Waals surface area contributed by atoms with Gasteiger partial charge in [0.25, 0.3) is 5.91 Å². The second kappa shape index (κ2) is 6.17. The Morgan fingerprint density at radius 3 is 2.70 bits per heavy atom. The number of imide groups is 1. The number of rotatable bonds is 5. The lowest BCUT2D eigenvalue weighted by Gasteiger charge is -2.15. The lowest BCUT2D eigenvalue weighted by Crippen LogP contribution is -2.38. The number of nitrogens with zero attached hydrogens (tertiary/aromatic N) is 2. The number of hydrogen-bond donors (Lipinski definition) is 1. The summed E-state index contributed by atoms with van der Waals surface area (Å²) >= 11 is 0. The predicted octanol–water partition coefficient (Wildman–Crippen LogP) is 0.830. The average molecular weight is 273 g/mol. The Labute approximate surface area is 116 Å². The van der Waals surface area contributed by atoms with E-state index in [0.29, 0.717) is 18.0 Å². The Hall–Kier alpha value is -2.39. The van der Waals surface area contributed by atoms with Crippen molar-refractivity contribution in [3.05, 3.63) is 24.3 Å². The molecular weight excluding hydrogens is 258 g/mol. The molecule has 20 heavy (non-hydrogen) atoms. The molecule has 1 heterocycles. The number of nitriles is 1. The van der Waals surface area contributed by atoms with Gasteiger partial charge >= 0.3 is 0 Å². The molecule has 0 radical (unpaired) electrons. The van der Waals surface area contributed by atoms with Crippen LogP contribution in [0.25, 0.3) is 0 Å². The van der Waals surface area contributed by atoms with E-state index in [-0.39, 0.29) is 24.8 Å². The zero-order valence-corrected chi connectivity index (χ0v) is 11.1. The maximum absolute atomic E-state index is 12.1. The van der Waals surface area contributed by atoms with Gasteiger partial charge in [0.1, 0.15) is 5.75 Å². The number of carbonyl (C=O) groups is 2. The SMILES string of the molecule is CCOc1ccc(N2C(=O)C[C@H](NCC#N)C2=O)cc1. The fraction of sp³-hybridized carbons (Fsp3) is 0.357. The summed E-state index contributed by atoms with van der Waals surface area (Å²) in [6.45, 7) is 2.48. The van der Waals surface area contributed by atoms with Gasteiger partial charge in [-0.15, -0.1) is 0 Å². The molecule has 1 aliphatic rings. The Morgan fingerprint density at radius 1 is 1.40 bits per heavy atom. The molecule has 6 heteroatoms. The average Bonchev–Trinajstić information content (AvgIpc) is 2.73. The van der Waals surface area contributed by atoms with E-state index in [4.69, 9.17) is 10.00 Å². The van der Waals surface area contributed by atoms with Gasteiger partial charge in [0, 0.05) is 0 Å². The number of amides is 2. The lowest BCUT2D eigenvalue weighted by molar-refractivity contribution is -0.121. The highest BCUT2D eigenvalue weighted by molar-refractivity contribution is 6.22. The molecule has 0 spiro atoms. The molecule has 0 saturated carbocycles. The maximum Gasteiger partial charge on any atom is 0.251 e. The van der Waals surface area contributed by atoms with Crippen molar-refractivity contribution in [3.8, 4) is 11.8 Å². The van der Waals surface area contributed by atoms with Crippen LogP contribution in [0.1, 0.15) is 13.3 Å². The van der Waals surface area contributed by atoms with Crippen LogP contribution < -0.4 is 15.0 Å². The van der Waals surface area contributed by atoms with Gasteiger partial charge in [-0.25, -0.2) is 4.90 Å². The first-order chi connectivity index (χ1) is 9.67. The summed E-state index contributed by atoms with van der Waals surface area (Å²) in [6, 6.07) is 8.06. The molecule has 1 aliphatic heterocycles. The van der Waals surface area contributed by atoms with Gasteiger partial charge in [-0.3, -0.25) is 14.9 Å². The molecule has 1 aromatic carbocycles. The first kappa shape index (κ1) is 14.0. The molecule has 1 aromatic rings. The quantitative estimate of drug-likeness (QED) is 0.634. The number of benzene rings is 1. The molecule has 0 aliphatic carbocycles. The molecule has 2 rings (SSSR count). The van der Waals surface area contributed by atoms with Gasteiger partial charge in [-0.2, -0.15) is 5.26 Å². The molecular formula is C14H15N3O3. The van der Waals surface area contributed by atoms with E-state index in [9.17, 15) is 9.59 Å². The summed E-state index contributed by atoms with van der Waals surface area (Å²) in [6.07, 6.45) is 0.0771. The van der Waals surface area contributed by atoms with Gasteiger partial charge in [-0.1, -0.05) is 0 Å². The highest BCUT2D eigenvalue weighted by Gasteiger charge is 2.39. The smallest absolute Gasteiger partial charge is 0.251 e. The summed E-state index contributed by atoms with van der Waals surface area (Å²) < 4.78 is 5.31. The van der Waals surface area contributed by atoms with Crippen molar-refractivity contribution >= 4 is 17.5 Å². The van der Waals surface area contributed by atoms with E-state index in [0.717, 1.165) is 4.90 Å². The molecule has 0 unspecified atom stereocenters. The van der Waals surface area contributed by atoms with Crippen molar-refractivity contribution in [2.24, 2.45) is 0 Å². The van der Waals surface area contributed by atoms with Crippen LogP contribution in [-0.2, 0) is 9.59 Å². The Balaban J connectivity index is 2.13. The summed E-state index contributed by atoms with van der Waals surface area (Å²) in [5, 5.41) is 11.3. The number of nitrogens with one attached hydrogen (secondary N) is 1. The molecule has 1 fully saturated rings. The topological polar surface area (TPSA) is 82.4 Å². The minimum Gasteiger partial charge on any atom is -0.494 e. The fourth-order valence-corrected chi connectivity index (χ4v) is 2.09. The zero-order chi connectivity index (χ0) is 14.5. The molecule has 2 amide bonds. The van der Waals surface area contributed by atoms with Crippen molar-refractivity contribution in [2.75, 3.05) is 18.1 Å². The molecule has 1 N–H and O–H groups in total. The van der Waals surface area contributed by atoms with Crippen molar-refractivity contribution in [2.45, 2.75) is 19.4 Å². The van der Waals surface area contributed by atoms with E-state index < -0.39 is 6.04 Å². The molecule has 0 bridgehead atoms. The van der Waals surface area contributed by atoms with Crippen LogP contribution in [0.5, 0.6) is 5.75 Å². The molecule has 1 atom stereocenters. The summed E-state index contributed by atoms with van der Waals surface area (Å²) in [5.74, 6) is 0.0958. The Morgan fingerprint density at radius 2 is 2.10 bits per heavy atom. The highest BCUT2D eigenvalue weighted by atomic mass is 16.5.